The van der Waals surface area contributed by atoms with E-state index in [1.54, 1.807) is 61.2 Å². The Kier molecular flexibility index (Phi) is 7.58. The molecule has 1 atom stereocenters. The average molecular weight is 564 g/mol. The lowest BCUT2D eigenvalue weighted by Gasteiger charge is -2.21. The number of hydrogen-bond acceptors (Lipinski definition) is 7. The maximum atomic E-state index is 13.5. The van der Waals surface area contributed by atoms with E-state index in [1.807, 2.05) is 6.92 Å². The van der Waals surface area contributed by atoms with Crippen molar-refractivity contribution in [2.24, 2.45) is 0 Å². The number of benzene rings is 2. The summed E-state index contributed by atoms with van der Waals surface area (Å²) in [6, 6.07) is 11.1. The zero-order chi connectivity index (χ0) is 27.5. The largest absolute Gasteiger partial charge is 0.495 e. The van der Waals surface area contributed by atoms with Crippen molar-refractivity contribution in [1.29, 1.82) is 0 Å². The standard InChI is InChI=1S/C27H23Cl2N7O3/c1-3-4-23(27(38)32-17-6-7-20-21(12-17)31-10-9-30-20)35-14-24(39-2)19(13-26(35)37)18-11-16(28)5-8-22(18)36-15-25(29)33-34-36/h5-15,23H,3-4H2,1-2H3,(H,32,38). The highest BCUT2D eigenvalue weighted by Gasteiger charge is 2.24. The SMILES string of the molecule is CCCC(C(=O)Nc1ccc2nccnc2c1)n1cc(OC)c(-c2cc(Cl)ccc2-n2cc(Cl)nn2)cc1=O. The Morgan fingerprint density at radius 3 is 2.54 bits per heavy atom. The molecule has 0 saturated carbocycles. The molecular formula is C27H23Cl2N7O3. The van der Waals surface area contributed by atoms with Gasteiger partial charge in [-0.3, -0.25) is 24.1 Å². The van der Waals surface area contributed by atoms with Crippen molar-refractivity contribution in [2.45, 2.75) is 25.8 Å². The van der Waals surface area contributed by atoms with E-state index in [1.165, 1.54) is 22.4 Å². The minimum Gasteiger partial charge on any atom is -0.495 e. The van der Waals surface area contributed by atoms with E-state index in [4.69, 9.17) is 27.9 Å². The topological polar surface area (TPSA) is 117 Å². The summed E-state index contributed by atoms with van der Waals surface area (Å²) in [7, 11) is 1.50. The number of carbonyl (C=O) groups is 1. The second-order valence-corrected chi connectivity index (χ2v) is 9.53. The third-order valence-electron chi connectivity index (χ3n) is 6.16. The van der Waals surface area contributed by atoms with Gasteiger partial charge in [-0.1, -0.05) is 41.8 Å². The molecule has 12 heteroatoms. The van der Waals surface area contributed by atoms with Crippen LogP contribution in [0.5, 0.6) is 5.75 Å². The molecule has 10 nitrogen and oxygen atoms in total. The summed E-state index contributed by atoms with van der Waals surface area (Å²) in [6.45, 7) is 1.95. The van der Waals surface area contributed by atoms with Crippen molar-refractivity contribution in [1.82, 2.24) is 29.5 Å². The van der Waals surface area contributed by atoms with Crippen LogP contribution in [0.4, 0.5) is 5.69 Å². The van der Waals surface area contributed by atoms with Crippen LogP contribution in [-0.4, -0.2) is 42.5 Å². The summed E-state index contributed by atoms with van der Waals surface area (Å²) >= 11 is 12.3. The second kappa shape index (κ2) is 11.2. The van der Waals surface area contributed by atoms with Crippen molar-refractivity contribution in [3.8, 4) is 22.6 Å². The lowest BCUT2D eigenvalue weighted by molar-refractivity contribution is -0.119. The molecule has 0 spiro atoms. The molecule has 5 aromatic rings. The molecule has 1 unspecified atom stereocenters. The molecule has 0 bridgehead atoms. The fourth-order valence-corrected chi connectivity index (χ4v) is 4.67. The van der Waals surface area contributed by atoms with Crippen LogP contribution in [0.3, 0.4) is 0 Å². The smallest absolute Gasteiger partial charge is 0.252 e. The van der Waals surface area contributed by atoms with Crippen molar-refractivity contribution in [2.75, 3.05) is 12.4 Å². The molecule has 0 saturated heterocycles. The van der Waals surface area contributed by atoms with Gasteiger partial charge in [0, 0.05) is 40.3 Å². The van der Waals surface area contributed by atoms with Crippen molar-refractivity contribution in [3.63, 3.8) is 0 Å². The molecule has 3 heterocycles. The maximum absolute atomic E-state index is 13.5. The molecule has 2 aromatic carbocycles. The summed E-state index contributed by atoms with van der Waals surface area (Å²) in [4.78, 5) is 35.5. The Balaban J connectivity index is 1.54. The quantitative estimate of drug-likeness (QED) is 0.271. The number of ether oxygens (including phenoxy) is 1. The fraction of sp³-hybridized carbons (Fsp3) is 0.185. The second-order valence-electron chi connectivity index (χ2n) is 8.70. The van der Waals surface area contributed by atoms with E-state index in [-0.39, 0.29) is 16.6 Å². The number of nitrogens with zero attached hydrogens (tertiary/aromatic N) is 6. The monoisotopic (exact) mass is 563 g/mol. The lowest BCUT2D eigenvalue weighted by atomic mass is 10.0. The first-order valence-corrected chi connectivity index (χ1v) is 12.8. The summed E-state index contributed by atoms with van der Waals surface area (Å²) < 4.78 is 8.56. The highest BCUT2D eigenvalue weighted by Crippen LogP contribution is 2.35. The summed E-state index contributed by atoms with van der Waals surface area (Å²) in [6.07, 6.45) is 7.38. The third-order valence-corrected chi connectivity index (χ3v) is 6.57. The van der Waals surface area contributed by atoms with Crippen molar-refractivity contribution < 1.29 is 9.53 Å². The van der Waals surface area contributed by atoms with E-state index in [0.717, 1.165) is 0 Å². The number of anilines is 1. The predicted molar refractivity (Wildman–Crippen MR) is 150 cm³/mol. The van der Waals surface area contributed by atoms with Crippen LogP contribution in [0.2, 0.25) is 10.2 Å². The minimum atomic E-state index is -0.782. The first-order chi connectivity index (χ1) is 18.9. The lowest BCUT2D eigenvalue weighted by Crippen LogP contribution is -2.33. The number of aromatic nitrogens is 6. The Morgan fingerprint density at radius 1 is 1.03 bits per heavy atom. The van der Waals surface area contributed by atoms with Gasteiger partial charge in [0.25, 0.3) is 5.56 Å². The van der Waals surface area contributed by atoms with Crippen LogP contribution in [0.25, 0.3) is 27.8 Å². The van der Waals surface area contributed by atoms with Gasteiger partial charge in [-0.05, 0) is 42.8 Å². The molecule has 0 radical (unpaired) electrons. The van der Waals surface area contributed by atoms with Gasteiger partial charge in [-0.25, -0.2) is 4.68 Å². The molecule has 3 aromatic heterocycles. The van der Waals surface area contributed by atoms with Gasteiger partial charge in [-0.2, -0.15) is 0 Å². The number of carbonyl (C=O) groups excluding carboxylic acids is 1. The maximum Gasteiger partial charge on any atom is 0.252 e. The van der Waals surface area contributed by atoms with E-state index in [9.17, 15) is 9.59 Å². The van der Waals surface area contributed by atoms with Crippen LogP contribution in [-0.2, 0) is 4.79 Å². The van der Waals surface area contributed by atoms with Gasteiger partial charge in [0.1, 0.15) is 11.8 Å². The number of amides is 1. The van der Waals surface area contributed by atoms with Gasteiger partial charge < -0.3 is 10.1 Å². The van der Waals surface area contributed by atoms with Gasteiger partial charge in [-0.15, -0.1) is 5.10 Å². The van der Waals surface area contributed by atoms with E-state index < -0.39 is 6.04 Å². The van der Waals surface area contributed by atoms with E-state index >= 15 is 0 Å². The van der Waals surface area contributed by atoms with Crippen LogP contribution in [0, 0.1) is 0 Å². The van der Waals surface area contributed by atoms with E-state index in [0.29, 0.717) is 57.1 Å². The number of rotatable bonds is 8. The molecule has 198 valence electrons. The van der Waals surface area contributed by atoms with Crippen molar-refractivity contribution >= 4 is 45.8 Å². The molecule has 0 aliphatic rings. The molecule has 39 heavy (non-hydrogen) atoms. The Morgan fingerprint density at radius 2 is 1.82 bits per heavy atom. The number of fused-ring (bicyclic) bond motifs is 1. The van der Waals surface area contributed by atoms with Crippen molar-refractivity contribution in [3.05, 3.63) is 87.8 Å². The van der Waals surface area contributed by atoms with Gasteiger partial charge in [0.05, 0.1) is 36.2 Å². The predicted octanol–water partition coefficient (Wildman–Crippen LogP) is 5.33. The van der Waals surface area contributed by atoms with E-state index in [2.05, 4.69) is 25.6 Å². The first-order valence-electron chi connectivity index (χ1n) is 12.1. The fourth-order valence-electron chi connectivity index (χ4n) is 4.37. The summed E-state index contributed by atoms with van der Waals surface area (Å²) in [5.74, 6) is 0.0388. The van der Waals surface area contributed by atoms with Crippen LogP contribution in [0.1, 0.15) is 25.8 Å². The number of halogens is 2. The molecule has 1 amide bonds. The molecule has 0 aliphatic heterocycles. The molecule has 0 fully saturated rings. The van der Waals surface area contributed by atoms with Crippen LogP contribution >= 0.6 is 23.2 Å². The number of nitrogens with one attached hydrogen (secondary N) is 1. The summed E-state index contributed by atoms with van der Waals surface area (Å²) in [5, 5.41) is 11.5. The average Bonchev–Trinajstić information content (AvgIpc) is 3.37. The molecular weight excluding hydrogens is 541 g/mol. The molecule has 1 N–H and O–H groups in total. The zero-order valence-electron chi connectivity index (χ0n) is 21.0. The number of methoxy groups -OCH3 is 1. The highest BCUT2D eigenvalue weighted by atomic mass is 35.5. The number of hydrogen-bond donors (Lipinski definition) is 1. The Hall–Kier alpha value is -4.28. The minimum absolute atomic E-state index is 0.213. The highest BCUT2D eigenvalue weighted by molar-refractivity contribution is 6.31. The Bertz CT molecular complexity index is 1730. The first kappa shape index (κ1) is 26.3. The van der Waals surface area contributed by atoms with Crippen LogP contribution in [0.15, 0.2) is 72.0 Å². The zero-order valence-corrected chi connectivity index (χ0v) is 22.5. The van der Waals surface area contributed by atoms with Crippen LogP contribution < -0.4 is 15.6 Å². The van der Waals surface area contributed by atoms with Gasteiger partial charge in [0.2, 0.25) is 5.91 Å². The molecule has 5 rings (SSSR count). The van der Waals surface area contributed by atoms with Gasteiger partial charge >= 0.3 is 0 Å². The number of pyridine rings is 1. The molecule has 0 aliphatic carbocycles. The summed E-state index contributed by atoms with van der Waals surface area (Å²) in [5.41, 5.74) is 3.19. The Labute approximate surface area is 233 Å². The normalized spacial score (nSPS) is 11.9. The third kappa shape index (κ3) is 5.47. The van der Waals surface area contributed by atoms with Gasteiger partial charge in [0.15, 0.2) is 5.15 Å².